The van der Waals surface area contributed by atoms with E-state index < -0.39 is 0 Å². The van der Waals surface area contributed by atoms with Crippen LogP contribution in [-0.2, 0) is 17.7 Å². The number of hydrogen-bond donors (Lipinski definition) is 1. The summed E-state index contributed by atoms with van der Waals surface area (Å²) >= 11 is 0. The lowest BCUT2D eigenvalue weighted by Gasteiger charge is -2.18. The highest BCUT2D eigenvalue weighted by Gasteiger charge is 2.03. The molecule has 3 heteroatoms. The van der Waals surface area contributed by atoms with Crippen molar-refractivity contribution >= 4 is 0 Å². The molecule has 0 amide bonds. The normalized spacial score (nSPS) is 11.4. The van der Waals surface area contributed by atoms with Crippen LogP contribution in [0.3, 0.4) is 0 Å². The van der Waals surface area contributed by atoms with Crippen LogP contribution in [0.1, 0.15) is 25.0 Å². The smallest absolute Gasteiger partial charge is 0.0596 e. The van der Waals surface area contributed by atoms with Crippen LogP contribution in [0.25, 0.3) is 0 Å². The molecule has 1 aromatic carbocycles. The topological polar surface area (TPSA) is 38.5 Å². The van der Waals surface area contributed by atoms with E-state index in [1.807, 2.05) is 6.07 Å². The fraction of sp³-hybridized carbons (Fsp3) is 0.600. The molecular formula is C15H26N2O. The molecule has 2 N–H and O–H groups in total. The van der Waals surface area contributed by atoms with Crippen molar-refractivity contribution in [3.63, 3.8) is 0 Å². The van der Waals surface area contributed by atoms with Gasteiger partial charge in [0.2, 0.25) is 0 Å². The predicted octanol–water partition coefficient (Wildman–Crippen LogP) is 2.04. The Morgan fingerprint density at radius 3 is 2.44 bits per heavy atom. The predicted molar refractivity (Wildman–Crippen MR) is 76.6 cm³/mol. The van der Waals surface area contributed by atoms with Crippen LogP contribution >= 0.6 is 0 Å². The fourth-order valence-corrected chi connectivity index (χ4v) is 1.87. The van der Waals surface area contributed by atoms with E-state index in [0.717, 1.165) is 26.1 Å². The van der Waals surface area contributed by atoms with Crippen molar-refractivity contribution < 1.29 is 4.74 Å². The Labute approximate surface area is 111 Å². The number of nitrogens with two attached hydrogens (primary N) is 1. The first-order valence-electron chi connectivity index (χ1n) is 6.70. The van der Waals surface area contributed by atoms with Crippen LogP contribution in [0.4, 0.5) is 0 Å². The monoisotopic (exact) mass is 250 g/mol. The van der Waals surface area contributed by atoms with Gasteiger partial charge < -0.3 is 15.4 Å². The highest BCUT2D eigenvalue weighted by molar-refractivity contribution is 5.27. The van der Waals surface area contributed by atoms with E-state index in [9.17, 15) is 0 Å². The molecule has 0 radical (unpaired) electrons. The molecule has 0 aliphatic carbocycles. The third-order valence-corrected chi connectivity index (χ3v) is 3.03. The number of likely N-dealkylation sites (N-methyl/N-ethyl adjacent to an activating group) is 1. The molecular weight excluding hydrogens is 224 g/mol. The SMILES string of the molecule is CC(C)OCCN(C)CCc1ccccc1CN. The molecule has 0 saturated heterocycles. The van der Waals surface area contributed by atoms with Crippen molar-refractivity contribution in [2.24, 2.45) is 5.73 Å². The average molecular weight is 250 g/mol. The maximum Gasteiger partial charge on any atom is 0.0596 e. The van der Waals surface area contributed by atoms with Crippen LogP contribution in [0.5, 0.6) is 0 Å². The van der Waals surface area contributed by atoms with E-state index in [1.165, 1.54) is 11.1 Å². The summed E-state index contributed by atoms with van der Waals surface area (Å²) in [4.78, 5) is 2.30. The van der Waals surface area contributed by atoms with Gasteiger partial charge in [0.05, 0.1) is 12.7 Å². The number of ether oxygens (including phenoxy) is 1. The minimum atomic E-state index is 0.316. The first-order chi connectivity index (χ1) is 8.63. The van der Waals surface area contributed by atoms with Gasteiger partial charge in [0.25, 0.3) is 0 Å². The molecule has 0 aromatic heterocycles. The Kier molecular flexibility index (Phi) is 6.94. The maximum atomic E-state index is 5.74. The standard InChI is InChI=1S/C15H26N2O/c1-13(2)18-11-10-17(3)9-8-14-6-4-5-7-15(14)12-16/h4-7,13H,8-12,16H2,1-3H3. The van der Waals surface area contributed by atoms with E-state index >= 15 is 0 Å². The summed E-state index contributed by atoms with van der Waals surface area (Å²) in [6, 6.07) is 8.40. The Morgan fingerprint density at radius 2 is 1.83 bits per heavy atom. The fourth-order valence-electron chi connectivity index (χ4n) is 1.87. The van der Waals surface area contributed by atoms with Crippen molar-refractivity contribution in [3.8, 4) is 0 Å². The summed E-state index contributed by atoms with van der Waals surface area (Å²) in [6.07, 6.45) is 1.36. The van der Waals surface area contributed by atoms with Crippen molar-refractivity contribution in [2.45, 2.75) is 32.9 Å². The zero-order chi connectivity index (χ0) is 13.4. The molecule has 0 saturated carbocycles. The molecule has 0 spiro atoms. The molecule has 0 atom stereocenters. The van der Waals surface area contributed by atoms with Gasteiger partial charge in [-0.2, -0.15) is 0 Å². The molecule has 0 aliphatic rings. The molecule has 3 nitrogen and oxygen atoms in total. The van der Waals surface area contributed by atoms with Crippen LogP contribution in [0, 0.1) is 0 Å². The molecule has 0 unspecified atom stereocenters. The zero-order valence-corrected chi connectivity index (χ0v) is 11.9. The van der Waals surface area contributed by atoms with Crippen molar-refractivity contribution in [3.05, 3.63) is 35.4 Å². The second-order valence-electron chi connectivity index (χ2n) is 4.95. The molecule has 0 fully saturated rings. The van der Waals surface area contributed by atoms with Gasteiger partial charge >= 0.3 is 0 Å². The highest BCUT2D eigenvalue weighted by Crippen LogP contribution is 2.09. The van der Waals surface area contributed by atoms with Crippen molar-refractivity contribution in [2.75, 3.05) is 26.7 Å². The summed E-state index contributed by atoms with van der Waals surface area (Å²) in [5, 5.41) is 0. The van der Waals surface area contributed by atoms with Crippen LogP contribution in [0.15, 0.2) is 24.3 Å². The Bertz CT molecular complexity index is 339. The first kappa shape index (κ1) is 15.2. The highest BCUT2D eigenvalue weighted by atomic mass is 16.5. The van der Waals surface area contributed by atoms with Gasteiger partial charge in [-0.05, 0) is 38.4 Å². The minimum absolute atomic E-state index is 0.316. The van der Waals surface area contributed by atoms with Crippen molar-refractivity contribution in [1.29, 1.82) is 0 Å². The lowest BCUT2D eigenvalue weighted by atomic mass is 10.0. The number of hydrogen-bond acceptors (Lipinski definition) is 3. The molecule has 0 aliphatic heterocycles. The van der Waals surface area contributed by atoms with Gasteiger partial charge in [0.1, 0.15) is 0 Å². The average Bonchev–Trinajstić information content (AvgIpc) is 2.36. The van der Waals surface area contributed by atoms with E-state index in [0.29, 0.717) is 12.6 Å². The largest absolute Gasteiger partial charge is 0.377 e. The Hall–Kier alpha value is -0.900. The van der Waals surface area contributed by atoms with Crippen LogP contribution in [-0.4, -0.2) is 37.7 Å². The van der Waals surface area contributed by atoms with E-state index in [2.05, 4.69) is 44.0 Å². The Balaban J connectivity index is 2.31. The van der Waals surface area contributed by atoms with Gasteiger partial charge in [0, 0.05) is 19.6 Å². The van der Waals surface area contributed by atoms with Gasteiger partial charge in [0.15, 0.2) is 0 Å². The summed E-state index contributed by atoms with van der Waals surface area (Å²) in [6.45, 7) is 7.57. The summed E-state index contributed by atoms with van der Waals surface area (Å²) < 4.78 is 5.55. The molecule has 1 aromatic rings. The van der Waals surface area contributed by atoms with Gasteiger partial charge in [-0.1, -0.05) is 24.3 Å². The molecule has 18 heavy (non-hydrogen) atoms. The summed E-state index contributed by atoms with van der Waals surface area (Å²) in [5.41, 5.74) is 8.35. The number of benzene rings is 1. The van der Waals surface area contributed by atoms with E-state index in [1.54, 1.807) is 0 Å². The molecule has 1 rings (SSSR count). The molecule has 0 bridgehead atoms. The lowest BCUT2D eigenvalue weighted by Crippen LogP contribution is -2.26. The van der Waals surface area contributed by atoms with Crippen LogP contribution in [0.2, 0.25) is 0 Å². The number of nitrogens with zero attached hydrogens (tertiary/aromatic N) is 1. The van der Waals surface area contributed by atoms with Crippen LogP contribution < -0.4 is 5.73 Å². The summed E-state index contributed by atoms with van der Waals surface area (Å²) in [5.74, 6) is 0. The minimum Gasteiger partial charge on any atom is -0.377 e. The first-order valence-corrected chi connectivity index (χ1v) is 6.70. The molecule has 102 valence electrons. The third kappa shape index (κ3) is 5.63. The third-order valence-electron chi connectivity index (χ3n) is 3.03. The van der Waals surface area contributed by atoms with Gasteiger partial charge in [-0.25, -0.2) is 0 Å². The second kappa shape index (κ2) is 8.25. The van der Waals surface area contributed by atoms with E-state index in [4.69, 9.17) is 10.5 Å². The lowest BCUT2D eigenvalue weighted by molar-refractivity contribution is 0.0640. The second-order valence-corrected chi connectivity index (χ2v) is 4.95. The number of rotatable bonds is 8. The van der Waals surface area contributed by atoms with Gasteiger partial charge in [-0.3, -0.25) is 0 Å². The molecule has 0 heterocycles. The van der Waals surface area contributed by atoms with E-state index in [-0.39, 0.29) is 0 Å². The van der Waals surface area contributed by atoms with Crippen molar-refractivity contribution in [1.82, 2.24) is 4.90 Å². The Morgan fingerprint density at radius 1 is 1.17 bits per heavy atom. The van der Waals surface area contributed by atoms with Gasteiger partial charge in [-0.15, -0.1) is 0 Å². The quantitative estimate of drug-likeness (QED) is 0.767. The summed E-state index contributed by atoms with van der Waals surface area (Å²) in [7, 11) is 2.13. The zero-order valence-electron chi connectivity index (χ0n) is 11.9. The maximum absolute atomic E-state index is 5.74.